The van der Waals surface area contributed by atoms with Crippen molar-refractivity contribution < 1.29 is 9.21 Å². The summed E-state index contributed by atoms with van der Waals surface area (Å²) in [7, 11) is 0. The van der Waals surface area contributed by atoms with E-state index < -0.39 is 0 Å². The summed E-state index contributed by atoms with van der Waals surface area (Å²) in [5, 5.41) is 0. The van der Waals surface area contributed by atoms with E-state index in [1.807, 2.05) is 6.08 Å². The maximum Gasteiger partial charge on any atom is 0.257 e. The lowest BCUT2D eigenvalue weighted by Crippen LogP contribution is -2.33. The van der Waals surface area contributed by atoms with E-state index in [1.165, 1.54) is 6.26 Å². The number of amides is 1. The van der Waals surface area contributed by atoms with Gasteiger partial charge in [0.25, 0.3) is 5.91 Å². The zero-order valence-electron chi connectivity index (χ0n) is 7.57. The van der Waals surface area contributed by atoms with Crippen molar-refractivity contribution in [1.29, 1.82) is 0 Å². The van der Waals surface area contributed by atoms with E-state index in [-0.39, 0.29) is 5.91 Å². The molecule has 2 heterocycles. The van der Waals surface area contributed by atoms with Crippen molar-refractivity contribution in [3.8, 4) is 0 Å². The number of furan rings is 1. The number of nitrogens with zero attached hydrogens (tertiary/aromatic N) is 1. The van der Waals surface area contributed by atoms with Gasteiger partial charge in [-0.25, -0.2) is 0 Å². The smallest absolute Gasteiger partial charge is 0.257 e. The highest BCUT2D eigenvalue weighted by Gasteiger charge is 2.17. The van der Waals surface area contributed by atoms with Crippen molar-refractivity contribution in [3.63, 3.8) is 0 Å². The van der Waals surface area contributed by atoms with Crippen LogP contribution in [0.25, 0.3) is 0 Å². The Kier molecular flexibility index (Phi) is 2.72. The lowest BCUT2D eigenvalue weighted by Gasteiger charge is -2.22. The fourth-order valence-electron chi connectivity index (χ4n) is 1.43. The number of halogens is 1. The van der Waals surface area contributed by atoms with Crippen molar-refractivity contribution in [2.75, 3.05) is 13.1 Å². The summed E-state index contributed by atoms with van der Waals surface area (Å²) >= 11 is 3.17. The number of carbonyl (C=O) groups is 1. The average molecular weight is 256 g/mol. The molecule has 0 aliphatic carbocycles. The first kappa shape index (κ1) is 9.52. The zero-order valence-corrected chi connectivity index (χ0v) is 9.16. The molecule has 4 heteroatoms. The van der Waals surface area contributed by atoms with E-state index in [9.17, 15) is 4.79 Å². The van der Waals surface area contributed by atoms with Crippen molar-refractivity contribution in [2.24, 2.45) is 0 Å². The molecule has 1 aromatic rings. The first-order chi connectivity index (χ1) is 6.77. The molecule has 0 saturated heterocycles. The molecular formula is C10H10BrNO2. The van der Waals surface area contributed by atoms with E-state index in [4.69, 9.17) is 4.42 Å². The van der Waals surface area contributed by atoms with Gasteiger partial charge in [0.15, 0.2) is 4.67 Å². The Hall–Kier alpha value is -1.03. The molecule has 0 fully saturated rings. The maximum absolute atomic E-state index is 11.8. The van der Waals surface area contributed by atoms with Crippen LogP contribution in [0.15, 0.2) is 33.6 Å². The molecule has 0 saturated carbocycles. The van der Waals surface area contributed by atoms with Crippen LogP contribution in [-0.4, -0.2) is 23.9 Å². The molecule has 1 aromatic heterocycles. The maximum atomic E-state index is 11.8. The molecule has 74 valence electrons. The van der Waals surface area contributed by atoms with Crippen LogP contribution in [0.4, 0.5) is 0 Å². The lowest BCUT2D eigenvalue weighted by atomic mass is 10.2. The molecule has 0 atom stereocenters. The molecule has 2 rings (SSSR count). The second-order valence-electron chi connectivity index (χ2n) is 3.15. The van der Waals surface area contributed by atoms with Gasteiger partial charge in [-0.1, -0.05) is 12.2 Å². The molecule has 0 spiro atoms. The average Bonchev–Trinajstić information content (AvgIpc) is 2.65. The molecule has 1 aliphatic heterocycles. The lowest BCUT2D eigenvalue weighted by molar-refractivity contribution is 0.0770. The van der Waals surface area contributed by atoms with Crippen LogP contribution in [0, 0.1) is 0 Å². The molecule has 0 bridgehead atoms. The second kappa shape index (κ2) is 4.00. The van der Waals surface area contributed by atoms with E-state index in [0.717, 1.165) is 13.0 Å². The van der Waals surface area contributed by atoms with Gasteiger partial charge in [0, 0.05) is 19.2 Å². The van der Waals surface area contributed by atoms with Crippen molar-refractivity contribution in [2.45, 2.75) is 6.42 Å². The van der Waals surface area contributed by atoms with Crippen molar-refractivity contribution in [1.82, 2.24) is 4.90 Å². The summed E-state index contributed by atoms with van der Waals surface area (Å²) in [5.41, 5.74) is 0.604. The van der Waals surface area contributed by atoms with Crippen LogP contribution >= 0.6 is 15.9 Å². The Bertz CT molecular complexity index is 370. The van der Waals surface area contributed by atoms with Gasteiger partial charge in [-0.2, -0.15) is 0 Å². The first-order valence-corrected chi connectivity index (χ1v) is 5.25. The summed E-state index contributed by atoms with van der Waals surface area (Å²) in [5.74, 6) is 0.0313. The van der Waals surface area contributed by atoms with Gasteiger partial charge in [-0.05, 0) is 22.4 Å². The SMILES string of the molecule is O=C(c1coc(Br)c1)N1CC=CCC1. The third-order valence-electron chi connectivity index (χ3n) is 2.16. The summed E-state index contributed by atoms with van der Waals surface area (Å²) in [4.78, 5) is 13.6. The van der Waals surface area contributed by atoms with E-state index >= 15 is 0 Å². The normalized spacial score (nSPS) is 15.9. The predicted molar refractivity (Wildman–Crippen MR) is 56.1 cm³/mol. The number of hydrogen-bond donors (Lipinski definition) is 0. The van der Waals surface area contributed by atoms with Gasteiger partial charge in [0.1, 0.15) is 6.26 Å². The van der Waals surface area contributed by atoms with Gasteiger partial charge < -0.3 is 9.32 Å². The third kappa shape index (κ3) is 1.90. The van der Waals surface area contributed by atoms with Crippen LogP contribution < -0.4 is 0 Å². The molecule has 3 nitrogen and oxygen atoms in total. The molecule has 0 unspecified atom stereocenters. The van der Waals surface area contributed by atoms with Gasteiger partial charge >= 0.3 is 0 Å². The summed E-state index contributed by atoms with van der Waals surface area (Å²) < 4.78 is 5.62. The Morgan fingerprint density at radius 1 is 1.50 bits per heavy atom. The Balaban J connectivity index is 2.11. The number of hydrogen-bond acceptors (Lipinski definition) is 2. The standard InChI is InChI=1S/C10H10BrNO2/c11-9-6-8(7-14-9)10(13)12-4-2-1-3-5-12/h1-2,6-7H,3-5H2. The first-order valence-electron chi connectivity index (χ1n) is 4.45. The van der Waals surface area contributed by atoms with E-state index in [0.29, 0.717) is 16.8 Å². The third-order valence-corrected chi connectivity index (χ3v) is 2.58. The molecule has 0 radical (unpaired) electrons. The summed E-state index contributed by atoms with van der Waals surface area (Å²) in [6.07, 6.45) is 6.51. The highest BCUT2D eigenvalue weighted by atomic mass is 79.9. The predicted octanol–water partition coefficient (Wildman–Crippen LogP) is 2.44. The molecule has 1 amide bonds. The van der Waals surface area contributed by atoms with Gasteiger partial charge in [-0.3, -0.25) is 4.79 Å². The Labute approximate surface area is 90.5 Å². The minimum Gasteiger partial charge on any atom is -0.457 e. The van der Waals surface area contributed by atoms with Crippen LogP contribution in [0.2, 0.25) is 0 Å². The minimum absolute atomic E-state index is 0.0313. The Morgan fingerprint density at radius 3 is 2.93 bits per heavy atom. The minimum atomic E-state index is 0.0313. The highest BCUT2D eigenvalue weighted by molar-refractivity contribution is 9.10. The quantitative estimate of drug-likeness (QED) is 0.723. The Morgan fingerprint density at radius 2 is 2.36 bits per heavy atom. The molecular weight excluding hydrogens is 246 g/mol. The van der Waals surface area contributed by atoms with E-state index in [2.05, 4.69) is 22.0 Å². The summed E-state index contributed by atoms with van der Waals surface area (Å²) in [6.45, 7) is 1.49. The molecule has 0 aromatic carbocycles. The topological polar surface area (TPSA) is 33.5 Å². The van der Waals surface area contributed by atoms with Crippen LogP contribution in [0.5, 0.6) is 0 Å². The van der Waals surface area contributed by atoms with Gasteiger partial charge in [0.2, 0.25) is 0 Å². The fourth-order valence-corrected chi connectivity index (χ4v) is 1.77. The second-order valence-corrected chi connectivity index (χ2v) is 3.93. The molecule has 1 aliphatic rings. The molecule has 14 heavy (non-hydrogen) atoms. The highest BCUT2D eigenvalue weighted by Crippen LogP contribution is 2.16. The largest absolute Gasteiger partial charge is 0.457 e. The monoisotopic (exact) mass is 255 g/mol. The summed E-state index contributed by atoms with van der Waals surface area (Å²) in [6, 6.07) is 1.70. The number of rotatable bonds is 1. The van der Waals surface area contributed by atoms with Crippen molar-refractivity contribution in [3.05, 3.63) is 34.7 Å². The zero-order chi connectivity index (χ0) is 9.97. The molecule has 0 N–H and O–H groups in total. The number of carbonyl (C=O) groups excluding carboxylic acids is 1. The van der Waals surface area contributed by atoms with Crippen LogP contribution in [0.3, 0.4) is 0 Å². The fraction of sp³-hybridized carbons (Fsp3) is 0.300. The van der Waals surface area contributed by atoms with Crippen LogP contribution in [0.1, 0.15) is 16.8 Å². The van der Waals surface area contributed by atoms with E-state index in [1.54, 1.807) is 11.0 Å². The van der Waals surface area contributed by atoms with Gasteiger partial charge in [0.05, 0.1) is 5.56 Å². The van der Waals surface area contributed by atoms with Crippen molar-refractivity contribution >= 4 is 21.8 Å². The van der Waals surface area contributed by atoms with Gasteiger partial charge in [-0.15, -0.1) is 0 Å². The van der Waals surface area contributed by atoms with Crippen LogP contribution in [-0.2, 0) is 0 Å².